The fraction of sp³-hybridized carbons (Fsp3) is 0.444. The number of aryl methyl sites for hydroxylation is 4. The zero-order valence-electron chi connectivity index (χ0n) is 12.6. The number of rotatable bonds is 4. The second-order valence-corrected chi connectivity index (χ2v) is 6.95. The number of thiophene rings is 1. The molecule has 2 heteroatoms. The maximum Gasteiger partial charge on any atom is 0.0671 e. The van der Waals surface area contributed by atoms with Crippen molar-refractivity contribution >= 4 is 11.3 Å². The molecular formula is C18H23NS. The van der Waals surface area contributed by atoms with Crippen molar-refractivity contribution in [3.8, 4) is 0 Å². The largest absolute Gasteiger partial charge is 0.306 e. The summed E-state index contributed by atoms with van der Waals surface area (Å²) in [4.78, 5) is 3.10. The van der Waals surface area contributed by atoms with E-state index in [1.165, 1.54) is 40.8 Å². The molecule has 1 unspecified atom stereocenters. The Morgan fingerprint density at radius 2 is 2.00 bits per heavy atom. The lowest BCUT2D eigenvalue weighted by Crippen LogP contribution is -2.21. The molecule has 2 aromatic rings. The van der Waals surface area contributed by atoms with Crippen molar-refractivity contribution in [1.29, 1.82) is 0 Å². The summed E-state index contributed by atoms with van der Waals surface area (Å²) in [6.45, 7) is 7.58. The van der Waals surface area contributed by atoms with E-state index in [4.69, 9.17) is 0 Å². The molecular weight excluding hydrogens is 262 g/mol. The van der Waals surface area contributed by atoms with Gasteiger partial charge in [-0.25, -0.2) is 0 Å². The topological polar surface area (TPSA) is 12.0 Å². The van der Waals surface area contributed by atoms with Gasteiger partial charge >= 0.3 is 0 Å². The first-order chi connectivity index (χ1) is 9.69. The van der Waals surface area contributed by atoms with Gasteiger partial charge in [0.15, 0.2) is 0 Å². The van der Waals surface area contributed by atoms with Crippen molar-refractivity contribution in [2.24, 2.45) is 0 Å². The summed E-state index contributed by atoms with van der Waals surface area (Å²) < 4.78 is 0. The van der Waals surface area contributed by atoms with E-state index in [9.17, 15) is 0 Å². The standard InChI is InChI=1S/C18H23NS/c1-4-19-18(15-9-8-12(2)13(3)10-15)17-11-14-6-5-7-16(14)20-17/h8-11,18-19H,4-7H2,1-3H3. The monoisotopic (exact) mass is 285 g/mol. The molecule has 1 N–H and O–H groups in total. The summed E-state index contributed by atoms with van der Waals surface area (Å²) in [6, 6.07) is 9.66. The molecule has 0 spiro atoms. The molecule has 0 bridgehead atoms. The van der Waals surface area contributed by atoms with Crippen LogP contribution in [0.25, 0.3) is 0 Å². The highest BCUT2D eigenvalue weighted by Crippen LogP contribution is 2.36. The lowest BCUT2D eigenvalue weighted by Gasteiger charge is -2.18. The molecule has 1 aliphatic rings. The highest BCUT2D eigenvalue weighted by atomic mass is 32.1. The molecule has 1 aromatic heterocycles. The fourth-order valence-electron chi connectivity index (χ4n) is 3.03. The quantitative estimate of drug-likeness (QED) is 0.869. The molecule has 1 aliphatic carbocycles. The molecule has 0 saturated heterocycles. The Balaban J connectivity index is 1.96. The zero-order valence-corrected chi connectivity index (χ0v) is 13.4. The molecule has 1 aromatic carbocycles. The minimum atomic E-state index is 0.356. The predicted molar refractivity (Wildman–Crippen MR) is 87.8 cm³/mol. The molecule has 0 saturated carbocycles. The molecule has 0 amide bonds. The SMILES string of the molecule is CCNC(c1ccc(C)c(C)c1)c1cc2c(s1)CCC2. The van der Waals surface area contributed by atoms with Gasteiger partial charge in [0.2, 0.25) is 0 Å². The maximum absolute atomic E-state index is 3.66. The van der Waals surface area contributed by atoms with Gasteiger partial charge in [0, 0.05) is 9.75 Å². The average Bonchev–Trinajstić information content (AvgIpc) is 3.00. The van der Waals surface area contributed by atoms with E-state index in [0.717, 1.165) is 6.54 Å². The van der Waals surface area contributed by atoms with Gasteiger partial charge in [-0.3, -0.25) is 0 Å². The van der Waals surface area contributed by atoms with Gasteiger partial charge in [0.1, 0.15) is 0 Å². The molecule has 0 radical (unpaired) electrons. The highest BCUT2D eigenvalue weighted by Gasteiger charge is 2.21. The summed E-state index contributed by atoms with van der Waals surface area (Å²) in [5.74, 6) is 0. The third-order valence-corrected chi connectivity index (χ3v) is 5.62. The van der Waals surface area contributed by atoms with E-state index in [1.54, 1.807) is 10.4 Å². The van der Waals surface area contributed by atoms with Crippen LogP contribution in [0.2, 0.25) is 0 Å². The lowest BCUT2D eigenvalue weighted by atomic mass is 9.99. The Bertz CT molecular complexity index is 590. The Kier molecular flexibility index (Phi) is 3.95. The van der Waals surface area contributed by atoms with Crippen LogP contribution >= 0.6 is 11.3 Å². The van der Waals surface area contributed by atoms with Crippen LogP contribution in [-0.2, 0) is 12.8 Å². The molecule has 20 heavy (non-hydrogen) atoms. The smallest absolute Gasteiger partial charge is 0.0671 e. The van der Waals surface area contributed by atoms with Gasteiger partial charge in [0.25, 0.3) is 0 Å². The second-order valence-electron chi connectivity index (χ2n) is 5.79. The number of hydrogen-bond acceptors (Lipinski definition) is 2. The van der Waals surface area contributed by atoms with E-state index >= 15 is 0 Å². The van der Waals surface area contributed by atoms with Gasteiger partial charge in [-0.05, 0) is 68.0 Å². The van der Waals surface area contributed by atoms with Gasteiger partial charge in [-0.15, -0.1) is 11.3 Å². The minimum absolute atomic E-state index is 0.356. The van der Waals surface area contributed by atoms with Crippen LogP contribution in [-0.4, -0.2) is 6.54 Å². The average molecular weight is 285 g/mol. The first-order valence-corrected chi connectivity index (χ1v) is 8.42. The van der Waals surface area contributed by atoms with E-state index in [-0.39, 0.29) is 0 Å². The summed E-state index contributed by atoms with van der Waals surface area (Å²) in [5, 5.41) is 3.66. The number of hydrogen-bond donors (Lipinski definition) is 1. The van der Waals surface area contributed by atoms with E-state index in [0.29, 0.717) is 6.04 Å². The van der Waals surface area contributed by atoms with Crippen LogP contribution in [0.3, 0.4) is 0 Å². The minimum Gasteiger partial charge on any atom is -0.306 e. The second kappa shape index (κ2) is 5.71. The highest BCUT2D eigenvalue weighted by molar-refractivity contribution is 7.12. The van der Waals surface area contributed by atoms with Gasteiger partial charge in [-0.2, -0.15) is 0 Å². The van der Waals surface area contributed by atoms with Crippen molar-refractivity contribution in [3.05, 3.63) is 56.3 Å². The van der Waals surface area contributed by atoms with Crippen LogP contribution < -0.4 is 5.32 Å². The predicted octanol–water partition coefficient (Wildman–Crippen LogP) is 4.55. The molecule has 1 heterocycles. The van der Waals surface area contributed by atoms with Crippen molar-refractivity contribution in [2.75, 3.05) is 6.54 Å². The molecule has 1 nitrogen and oxygen atoms in total. The van der Waals surface area contributed by atoms with Crippen LogP contribution in [0, 0.1) is 13.8 Å². The summed E-state index contributed by atoms with van der Waals surface area (Å²) in [7, 11) is 0. The number of fused-ring (bicyclic) bond motifs is 1. The molecule has 0 aliphatic heterocycles. The Labute approximate surface area is 126 Å². The van der Waals surface area contributed by atoms with Crippen LogP contribution in [0.4, 0.5) is 0 Å². The first kappa shape index (κ1) is 13.8. The van der Waals surface area contributed by atoms with Crippen molar-refractivity contribution in [2.45, 2.75) is 46.1 Å². The summed E-state index contributed by atoms with van der Waals surface area (Å²) in [6.07, 6.45) is 3.90. The molecule has 0 fully saturated rings. The molecule has 106 valence electrons. The lowest BCUT2D eigenvalue weighted by molar-refractivity contribution is 0.638. The third-order valence-electron chi connectivity index (χ3n) is 4.32. The summed E-state index contributed by atoms with van der Waals surface area (Å²) >= 11 is 2.01. The number of benzene rings is 1. The van der Waals surface area contributed by atoms with Crippen molar-refractivity contribution in [3.63, 3.8) is 0 Å². The van der Waals surface area contributed by atoms with Crippen LogP contribution in [0.15, 0.2) is 24.3 Å². The maximum atomic E-state index is 3.66. The van der Waals surface area contributed by atoms with E-state index < -0.39 is 0 Å². The van der Waals surface area contributed by atoms with Gasteiger partial charge < -0.3 is 5.32 Å². The van der Waals surface area contributed by atoms with Crippen LogP contribution in [0.5, 0.6) is 0 Å². The normalized spacial score (nSPS) is 15.3. The van der Waals surface area contributed by atoms with E-state index in [2.05, 4.69) is 50.4 Å². The van der Waals surface area contributed by atoms with Crippen LogP contribution in [0.1, 0.15) is 51.4 Å². The summed E-state index contributed by atoms with van der Waals surface area (Å²) in [5.41, 5.74) is 5.75. The van der Waals surface area contributed by atoms with Crippen molar-refractivity contribution in [1.82, 2.24) is 5.32 Å². The Hall–Kier alpha value is -1.12. The number of nitrogens with one attached hydrogen (secondary N) is 1. The molecule has 1 atom stereocenters. The third kappa shape index (κ3) is 2.55. The van der Waals surface area contributed by atoms with Gasteiger partial charge in [0.05, 0.1) is 6.04 Å². The Morgan fingerprint density at radius 3 is 2.70 bits per heavy atom. The Morgan fingerprint density at radius 1 is 1.15 bits per heavy atom. The van der Waals surface area contributed by atoms with Crippen molar-refractivity contribution < 1.29 is 0 Å². The first-order valence-electron chi connectivity index (χ1n) is 7.61. The molecule has 3 rings (SSSR count). The van der Waals surface area contributed by atoms with E-state index in [1.807, 2.05) is 11.3 Å². The van der Waals surface area contributed by atoms with Gasteiger partial charge in [-0.1, -0.05) is 25.1 Å². The zero-order chi connectivity index (χ0) is 14.1. The fourth-order valence-corrected chi connectivity index (χ4v) is 4.39.